The van der Waals surface area contributed by atoms with Crippen molar-refractivity contribution in [3.8, 4) is 0 Å². The lowest BCUT2D eigenvalue weighted by Crippen LogP contribution is -2.25. The Bertz CT molecular complexity index is 859. The van der Waals surface area contributed by atoms with Crippen molar-refractivity contribution in [2.24, 2.45) is 4.99 Å². The van der Waals surface area contributed by atoms with Gasteiger partial charge in [-0.05, 0) is 35.9 Å². The number of hydrogen-bond acceptors (Lipinski definition) is 4. The Kier molecular flexibility index (Phi) is 6.06. The van der Waals surface area contributed by atoms with Crippen LogP contribution in [0.15, 0.2) is 78.7 Å². The number of rotatable bonds is 7. The molecule has 0 radical (unpaired) electrons. The van der Waals surface area contributed by atoms with E-state index in [0.29, 0.717) is 0 Å². The van der Waals surface area contributed by atoms with Crippen LogP contribution in [0.4, 0.5) is 0 Å². The molecule has 26 heavy (non-hydrogen) atoms. The summed E-state index contributed by atoms with van der Waals surface area (Å²) in [6.07, 6.45) is 7.50. The Balaban J connectivity index is 1.84. The summed E-state index contributed by atoms with van der Waals surface area (Å²) in [7, 11) is 1.78. The van der Waals surface area contributed by atoms with Gasteiger partial charge < -0.3 is 4.57 Å². The molecule has 0 aromatic carbocycles. The van der Waals surface area contributed by atoms with Gasteiger partial charge in [-0.1, -0.05) is 24.8 Å². The van der Waals surface area contributed by atoms with Gasteiger partial charge in [0.05, 0.1) is 11.4 Å². The van der Waals surface area contributed by atoms with Crippen molar-refractivity contribution in [3.63, 3.8) is 0 Å². The molecule has 3 heterocycles. The van der Waals surface area contributed by atoms with Crippen LogP contribution in [0.3, 0.4) is 0 Å². The van der Waals surface area contributed by atoms with Crippen molar-refractivity contribution in [1.29, 1.82) is 0 Å². The normalized spacial score (nSPS) is 11.7. The van der Waals surface area contributed by atoms with Crippen LogP contribution < -0.4 is 5.49 Å². The van der Waals surface area contributed by atoms with Crippen molar-refractivity contribution < 1.29 is 0 Å². The predicted octanol–water partition coefficient (Wildman–Crippen LogP) is 3.11. The first-order valence-corrected chi connectivity index (χ1v) is 8.57. The molecule has 0 aliphatic heterocycles. The lowest BCUT2D eigenvalue weighted by Gasteiger charge is -2.22. The van der Waals surface area contributed by atoms with Gasteiger partial charge >= 0.3 is 0 Å². The summed E-state index contributed by atoms with van der Waals surface area (Å²) >= 11 is 0. The van der Waals surface area contributed by atoms with E-state index < -0.39 is 0 Å². The molecule has 0 fully saturated rings. The second-order valence-corrected chi connectivity index (χ2v) is 6.00. The highest BCUT2D eigenvalue weighted by molar-refractivity contribution is 5.22. The van der Waals surface area contributed by atoms with Crippen LogP contribution in [0.1, 0.15) is 17.0 Å². The molecule has 5 heteroatoms. The van der Waals surface area contributed by atoms with Gasteiger partial charge in [-0.15, -0.1) is 0 Å². The summed E-state index contributed by atoms with van der Waals surface area (Å²) in [6, 6.07) is 16.1. The molecule has 0 unspecified atom stereocenters. The molecule has 0 spiro atoms. The summed E-state index contributed by atoms with van der Waals surface area (Å²) in [4.78, 5) is 15.5. The number of nitrogens with zero attached hydrogens (tertiary/aromatic N) is 5. The van der Waals surface area contributed by atoms with Gasteiger partial charge in [0.1, 0.15) is 5.49 Å². The molecule has 0 saturated heterocycles. The number of aromatic nitrogens is 3. The highest BCUT2D eigenvalue weighted by atomic mass is 15.1. The molecule has 0 aliphatic carbocycles. The molecule has 132 valence electrons. The van der Waals surface area contributed by atoms with E-state index in [1.807, 2.05) is 47.3 Å². The Morgan fingerprint density at radius 1 is 0.962 bits per heavy atom. The molecule has 0 saturated carbocycles. The van der Waals surface area contributed by atoms with E-state index in [1.165, 1.54) is 5.56 Å². The third-order valence-electron chi connectivity index (χ3n) is 4.07. The summed E-state index contributed by atoms with van der Waals surface area (Å²) in [5, 5.41) is 0. The first-order valence-electron chi connectivity index (χ1n) is 8.57. The number of pyridine rings is 3. The lowest BCUT2D eigenvalue weighted by atomic mass is 10.2. The van der Waals surface area contributed by atoms with Gasteiger partial charge in [0.25, 0.3) is 0 Å². The fraction of sp³-hybridized carbons (Fsp3) is 0.190. The standard InChI is InChI=1S/C21H23N5/c1-3-26-15-18(10-11-21(26)22-2)14-25(16-19-8-4-6-12-23-19)17-20-9-5-7-13-24-20/h3-13,15H,1,14,16-17H2,2H3. The predicted molar refractivity (Wildman–Crippen MR) is 104 cm³/mol. The van der Waals surface area contributed by atoms with E-state index in [0.717, 1.165) is 36.5 Å². The third-order valence-corrected chi connectivity index (χ3v) is 4.07. The monoisotopic (exact) mass is 345 g/mol. The highest BCUT2D eigenvalue weighted by Gasteiger charge is 2.10. The van der Waals surface area contributed by atoms with E-state index in [4.69, 9.17) is 0 Å². The van der Waals surface area contributed by atoms with E-state index in [2.05, 4.69) is 50.8 Å². The third kappa shape index (κ3) is 4.74. The Morgan fingerprint density at radius 2 is 1.62 bits per heavy atom. The molecule has 0 N–H and O–H groups in total. The van der Waals surface area contributed by atoms with Gasteiger partial charge in [0, 0.05) is 51.5 Å². The van der Waals surface area contributed by atoms with Crippen molar-refractivity contribution >= 4 is 6.20 Å². The molecule has 0 atom stereocenters. The average molecular weight is 345 g/mol. The lowest BCUT2D eigenvalue weighted by molar-refractivity contribution is 0.241. The summed E-state index contributed by atoms with van der Waals surface area (Å²) < 4.78 is 1.94. The van der Waals surface area contributed by atoms with Gasteiger partial charge in [-0.3, -0.25) is 19.9 Å². The van der Waals surface area contributed by atoms with Crippen LogP contribution in [0.2, 0.25) is 0 Å². The topological polar surface area (TPSA) is 46.3 Å². The molecule has 0 bridgehead atoms. The minimum Gasteiger partial charge on any atom is -0.309 e. The van der Waals surface area contributed by atoms with Crippen LogP contribution in [0, 0.1) is 0 Å². The fourth-order valence-electron chi connectivity index (χ4n) is 2.85. The van der Waals surface area contributed by atoms with Gasteiger partial charge in [-0.25, -0.2) is 0 Å². The number of hydrogen-bond donors (Lipinski definition) is 0. The van der Waals surface area contributed by atoms with Crippen LogP contribution in [-0.4, -0.2) is 26.5 Å². The molecule has 5 nitrogen and oxygen atoms in total. The summed E-state index contributed by atoms with van der Waals surface area (Å²) in [5.74, 6) is 0. The van der Waals surface area contributed by atoms with E-state index in [-0.39, 0.29) is 0 Å². The van der Waals surface area contributed by atoms with Crippen LogP contribution in [-0.2, 0) is 19.6 Å². The van der Waals surface area contributed by atoms with E-state index >= 15 is 0 Å². The second-order valence-electron chi connectivity index (χ2n) is 6.00. The summed E-state index contributed by atoms with van der Waals surface area (Å²) in [6.45, 7) is 6.16. The quantitative estimate of drug-likeness (QED) is 0.661. The van der Waals surface area contributed by atoms with Crippen molar-refractivity contribution in [1.82, 2.24) is 19.4 Å². The molecule has 3 rings (SSSR count). The van der Waals surface area contributed by atoms with E-state index in [1.54, 1.807) is 13.2 Å². The van der Waals surface area contributed by atoms with Crippen molar-refractivity contribution in [2.75, 3.05) is 7.05 Å². The Morgan fingerprint density at radius 3 is 2.12 bits per heavy atom. The molecular formula is C21H23N5. The first kappa shape index (κ1) is 17.8. The zero-order valence-electron chi connectivity index (χ0n) is 15.0. The van der Waals surface area contributed by atoms with Crippen molar-refractivity contribution in [3.05, 3.63) is 96.1 Å². The van der Waals surface area contributed by atoms with Gasteiger partial charge in [-0.2, -0.15) is 0 Å². The van der Waals surface area contributed by atoms with Crippen LogP contribution in [0.5, 0.6) is 0 Å². The SMILES string of the molecule is C=Cn1cc(CN(Cc2ccccn2)Cc2ccccn2)ccc1=NC. The fourth-order valence-corrected chi connectivity index (χ4v) is 2.85. The molecule has 0 aliphatic rings. The molecule has 3 aromatic heterocycles. The van der Waals surface area contributed by atoms with Crippen molar-refractivity contribution in [2.45, 2.75) is 19.6 Å². The zero-order chi connectivity index (χ0) is 18.2. The molecule has 0 amide bonds. The van der Waals surface area contributed by atoms with Gasteiger partial charge in [0.15, 0.2) is 0 Å². The Labute approximate surface area is 154 Å². The van der Waals surface area contributed by atoms with Gasteiger partial charge in [0.2, 0.25) is 0 Å². The molecule has 3 aromatic rings. The maximum absolute atomic E-state index is 4.46. The minimum atomic E-state index is 0.755. The average Bonchev–Trinajstić information content (AvgIpc) is 2.69. The van der Waals surface area contributed by atoms with Crippen LogP contribution in [0.25, 0.3) is 6.20 Å². The van der Waals surface area contributed by atoms with E-state index in [9.17, 15) is 0 Å². The zero-order valence-corrected chi connectivity index (χ0v) is 15.0. The van der Waals surface area contributed by atoms with Crippen LogP contribution >= 0.6 is 0 Å². The molecular weight excluding hydrogens is 322 g/mol. The Hall–Kier alpha value is -3.05. The minimum absolute atomic E-state index is 0.755. The smallest absolute Gasteiger partial charge is 0.131 e. The second kappa shape index (κ2) is 8.87. The maximum Gasteiger partial charge on any atom is 0.131 e. The highest BCUT2D eigenvalue weighted by Crippen LogP contribution is 2.11. The summed E-state index contributed by atoms with van der Waals surface area (Å²) in [5.41, 5.74) is 4.15. The maximum atomic E-state index is 4.46. The first-order chi connectivity index (χ1) is 12.8. The largest absolute Gasteiger partial charge is 0.309 e.